The predicted octanol–water partition coefficient (Wildman–Crippen LogP) is 2.93. The van der Waals surface area contributed by atoms with Crippen molar-refractivity contribution in [1.82, 2.24) is 19.7 Å². The Balaban J connectivity index is 0.000000704. The number of hydrogen-bond acceptors (Lipinski definition) is 4. The van der Waals surface area contributed by atoms with E-state index in [1.165, 1.54) is 6.33 Å². The third kappa shape index (κ3) is 2.24. The topological polar surface area (TPSA) is 67.4 Å². The van der Waals surface area contributed by atoms with Crippen LogP contribution in [0.25, 0.3) is 22.0 Å². The van der Waals surface area contributed by atoms with E-state index in [9.17, 15) is 0 Å². The maximum atomic E-state index is 9.13. The Morgan fingerprint density at radius 3 is 2.50 bits per heavy atom. The molecule has 0 unspecified atom stereocenters. The first-order valence-electron chi connectivity index (χ1n) is 6.42. The summed E-state index contributed by atoms with van der Waals surface area (Å²) in [6.45, 7) is 4.00. The van der Waals surface area contributed by atoms with Gasteiger partial charge in [0.15, 0.2) is 0 Å². The van der Waals surface area contributed by atoms with E-state index < -0.39 is 0 Å². The van der Waals surface area contributed by atoms with Gasteiger partial charge in [0.05, 0.1) is 0 Å². The van der Waals surface area contributed by atoms with Crippen LogP contribution in [0, 0.1) is 11.3 Å². The summed E-state index contributed by atoms with van der Waals surface area (Å²) in [6, 6.07) is 7.93. The fourth-order valence-corrected chi connectivity index (χ4v) is 2.02. The summed E-state index contributed by atoms with van der Waals surface area (Å²) in [7, 11) is 1.77. The lowest BCUT2D eigenvalue weighted by atomic mass is 10.1. The van der Waals surface area contributed by atoms with Crippen molar-refractivity contribution in [3.63, 3.8) is 0 Å². The summed E-state index contributed by atoms with van der Waals surface area (Å²) in [5.41, 5.74) is 3.19. The van der Waals surface area contributed by atoms with Gasteiger partial charge in [-0.3, -0.25) is 4.68 Å². The van der Waals surface area contributed by atoms with Crippen LogP contribution in [0.1, 0.15) is 19.5 Å². The zero-order valence-corrected chi connectivity index (χ0v) is 11.7. The minimum atomic E-state index is 0.559. The van der Waals surface area contributed by atoms with Crippen LogP contribution in [-0.2, 0) is 7.05 Å². The molecule has 100 valence electrons. The molecule has 0 amide bonds. The van der Waals surface area contributed by atoms with E-state index >= 15 is 0 Å². The highest BCUT2D eigenvalue weighted by Crippen LogP contribution is 2.28. The number of aromatic nitrogens is 4. The quantitative estimate of drug-likeness (QED) is 0.678. The zero-order chi connectivity index (χ0) is 14.5. The molecule has 0 radical (unpaired) electrons. The lowest BCUT2D eigenvalue weighted by molar-refractivity contribution is 0.767. The number of aryl methyl sites for hydroxylation is 1. The summed E-state index contributed by atoms with van der Waals surface area (Å²) in [4.78, 5) is 8.01. The van der Waals surface area contributed by atoms with E-state index in [0.29, 0.717) is 5.69 Å². The first-order valence-corrected chi connectivity index (χ1v) is 6.42. The number of nitriles is 1. The standard InChI is InChI=1S/C13H9N5.C2H6/c1-18-12(5-14)11-4-2-3-10(13(11)17-18)9-6-15-8-16-7-9;1-2/h2-4,6-8H,1H3;1-2H3. The third-order valence-electron chi connectivity index (χ3n) is 2.84. The van der Waals surface area contributed by atoms with E-state index in [2.05, 4.69) is 21.1 Å². The molecule has 0 atom stereocenters. The van der Waals surface area contributed by atoms with E-state index in [0.717, 1.165) is 22.0 Å². The first-order chi connectivity index (χ1) is 9.81. The largest absolute Gasteiger partial charge is 0.257 e. The molecule has 0 aliphatic carbocycles. The van der Waals surface area contributed by atoms with Crippen LogP contribution in [-0.4, -0.2) is 19.7 Å². The molecule has 3 aromatic rings. The number of rotatable bonds is 1. The number of nitrogens with zero attached hydrogens (tertiary/aromatic N) is 5. The summed E-state index contributed by atoms with van der Waals surface area (Å²) in [6.07, 6.45) is 4.97. The van der Waals surface area contributed by atoms with E-state index in [1.54, 1.807) is 24.1 Å². The van der Waals surface area contributed by atoms with Crippen LogP contribution < -0.4 is 0 Å². The van der Waals surface area contributed by atoms with Crippen LogP contribution in [0.2, 0.25) is 0 Å². The average Bonchev–Trinajstić information content (AvgIpc) is 2.85. The van der Waals surface area contributed by atoms with E-state index in [-0.39, 0.29) is 0 Å². The molecule has 0 saturated heterocycles. The van der Waals surface area contributed by atoms with Gasteiger partial charge in [0, 0.05) is 36.0 Å². The van der Waals surface area contributed by atoms with Gasteiger partial charge >= 0.3 is 0 Å². The Bertz CT molecular complexity index is 753. The molecular weight excluding hydrogens is 250 g/mol. The second-order valence-corrected chi connectivity index (χ2v) is 3.91. The Hall–Kier alpha value is -2.74. The molecule has 0 saturated carbocycles. The molecule has 1 aromatic carbocycles. The van der Waals surface area contributed by atoms with Gasteiger partial charge in [0.2, 0.25) is 0 Å². The van der Waals surface area contributed by atoms with Crippen molar-refractivity contribution < 1.29 is 0 Å². The van der Waals surface area contributed by atoms with Gasteiger partial charge in [0.1, 0.15) is 23.6 Å². The van der Waals surface area contributed by atoms with Gasteiger partial charge in [-0.05, 0) is 6.07 Å². The second kappa shape index (κ2) is 5.93. The summed E-state index contributed by atoms with van der Waals surface area (Å²) < 4.78 is 1.60. The summed E-state index contributed by atoms with van der Waals surface area (Å²) in [5.74, 6) is 0. The van der Waals surface area contributed by atoms with Crippen molar-refractivity contribution >= 4 is 10.9 Å². The Labute approximate surface area is 117 Å². The van der Waals surface area contributed by atoms with Crippen LogP contribution >= 0.6 is 0 Å². The van der Waals surface area contributed by atoms with Crippen molar-refractivity contribution in [2.24, 2.45) is 7.05 Å². The van der Waals surface area contributed by atoms with Gasteiger partial charge in [-0.1, -0.05) is 26.0 Å². The Morgan fingerprint density at radius 1 is 1.15 bits per heavy atom. The molecule has 5 heteroatoms. The molecule has 0 fully saturated rings. The average molecular weight is 265 g/mol. The Kier molecular flexibility index (Phi) is 4.06. The molecule has 0 aliphatic heterocycles. The minimum Gasteiger partial charge on any atom is -0.257 e. The maximum absolute atomic E-state index is 9.13. The van der Waals surface area contributed by atoms with Crippen molar-refractivity contribution in [3.05, 3.63) is 42.6 Å². The first kappa shape index (κ1) is 13.7. The molecule has 0 bridgehead atoms. The monoisotopic (exact) mass is 265 g/mol. The van der Waals surface area contributed by atoms with Crippen LogP contribution in [0.15, 0.2) is 36.9 Å². The fourth-order valence-electron chi connectivity index (χ4n) is 2.02. The third-order valence-corrected chi connectivity index (χ3v) is 2.84. The molecule has 5 nitrogen and oxygen atoms in total. The van der Waals surface area contributed by atoms with Crippen molar-refractivity contribution in [1.29, 1.82) is 5.26 Å². The number of fused-ring (bicyclic) bond motifs is 1. The van der Waals surface area contributed by atoms with Gasteiger partial charge in [0.25, 0.3) is 0 Å². The zero-order valence-electron chi connectivity index (χ0n) is 11.7. The molecule has 3 rings (SSSR count). The van der Waals surface area contributed by atoms with Gasteiger partial charge < -0.3 is 0 Å². The maximum Gasteiger partial charge on any atom is 0.146 e. The number of benzene rings is 1. The fraction of sp³-hybridized carbons (Fsp3) is 0.200. The summed E-state index contributed by atoms with van der Waals surface area (Å²) in [5, 5.41) is 14.4. The van der Waals surface area contributed by atoms with Gasteiger partial charge in [-0.25, -0.2) is 9.97 Å². The van der Waals surface area contributed by atoms with Crippen molar-refractivity contribution in [3.8, 4) is 17.2 Å². The van der Waals surface area contributed by atoms with E-state index in [4.69, 9.17) is 5.26 Å². The highest BCUT2D eigenvalue weighted by Gasteiger charge is 2.12. The molecule has 0 aliphatic rings. The molecular formula is C15H15N5. The van der Waals surface area contributed by atoms with Crippen LogP contribution in [0.4, 0.5) is 0 Å². The second-order valence-electron chi connectivity index (χ2n) is 3.91. The van der Waals surface area contributed by atoms with Crippen molar-refractivity contribution in [2.45, 2.75) is 13.8 Å². The van der Waals surface area contributed by atoms with Crippen LogP contribution in [0.3, 0.4) is 0 Å². The Morgan fingerprint density at radius 2 is 1.85 bits per heavy atom. The molecule has 0 spiro atoms. The normalized spacial score (nSPS) is 9.70. The minimum absolute atomic E-state index is 0.559. The van der Waals surface area contributed by atoms with Crippen molar-refractivity contribution in [2.75, 3.05) is 0 Å². The highest BCUT2D eigenvalue weighted by molar-refractivity contribution is 5.95. The van der Waals surface area contributed by atoms with Gasteiger partial charge in [-0.2, -0.15) is 10.4 Å². The summed E-state index contributed by atoms with van der Waals surface area (Å²) >= 11 is 0. The predicted molar refractivity (Wildman–Crippen MR) is 77.8 cm³/mol. The molecule has 2 aromatic heterocycles. The highest BCUT2D eigenvalue weighted by atomic mass is 15.3. The molecule has 20 heavy (non-hydrogen) atoms. The smallest absolute Gasteiger partial charge is 0.146 e. The SMILES string of the molecule is CC.Cn1nc2c(-c3cncnc3)cccc2c1C#N. The van der Waals surface area contributed by atoms with E-state index in [1.807, 2.05) is 32.0 Å². The van der Waals surface area contributed by atoms with Crippen LogP contribution in [0.5, 0.6) is 0 Å². The number of hydrogen-bond donors (Lipinski definition) is 0. The molecule has 2 heterocycles. The lowest BCUT2D eigenvalue weighted by Gasteiger charge is -2.00. The van der Waals surface area contributed by atoms with Gasteiger partial charge in [-0.15, -0.1) is 0 Å². The molecule has 0 N–H and O–H groups in total. The lowest BCUT2D eigenvalue weighted by Crippen LogP contribution is -1.92.